The smallest absolute Gasteiger partial charge is 0.255 e. The van der Waals surface area contributed by atoms with E-state index in [-0.39, 0.29) is 17.8 Å². The van der Waals surface area contributed by atoms with Crippen LogP contribution in [0.5, 0.6) is 0 Å². The Morgan fingerprint density at radius 2 is 1.79 bits per heavy atom. The van der Waals surface area contributed by atoms with Gasteiger partial charge in [-0.1, -0.05) is 28.1 Å². The Kier molecular flexibility index (Phi) is 6.29. The maximum atomic E-state index is 13.2. The molecule has 28 heavy (non-hydrogen) atoms. The fraction of sp³-hybridized carbons (Fsp3) is 0.273. The molecule has 3 aromatic rings. The lowest BCUT2D eigenvalue weighted by molar-refractivity contribution is 0.0937. The van der Waals surface area contributed by atoms with Crippen LogP contribution in [0.25, 0.3) is 5.69 Å². The molecule has 1 atom stereocenters. The second-order valence-electron chi connectivity index (χ2n) is 6.97. The van der Waals surface area contributed by atoms with E-state index in [1.54, 1.807) is 16.8 Å². The second kappa shape index (κ2) is 8.69. The molecule has 0 aliphatic heterocycles. The molecule has 0 aliphatic rings. The molecule has 0 radical (unpaired) electrons. The van der Waals surface area contributed by atoms with E-state index < -0.39 is 0 Å². The van der Waals surface area contributed by atoms with E-state index >= 15 is 0 Å². The van der Waals surface area contributed by atoms with E-state index in [1.807, 2.05) is 32.9 Å². The van der Waals surface area contributed by atoms with Gasteiger partial charge < -0.3 is 5.32 Å². The number of hydrogen-bond acceptors (Lipinski definition) is 2. The lowest BCUT2D eigenvalue weighted by Gasteiger charge is -2.14. The van der Waals surface area contributed by atoms with Crippen LogP contribution in [0.3, 0.4) is 0 Å². The molecule has 2 aromatic carbocycles. The third kappa shape index (κ3) is 4.68. The van der Waals surface area contributed by atoms with Gasteiger partial charge in [0.25, 0.3) is 5.91 Å². The first-order chi connectivity index (χ1) is 13.3. The fourth-order valence-electron chi connectivity index (χ4n) is 3.21. The largest absolute Gasteiger partial charge is 0.349 e. The van der Waals surface area contributed by atoms with Crippen LogP contribution < -0.4 is 5.32 Å². The molecule has 0 spiro atoms. The molecule has 1 aromatic heterocycles. The SMILES string of the molecule is Cc1nn(-c2ccc(F)cc2)c(C)c1C(=O)NC(C)CCc1ccc(Br)cc1. The minimum absolute atomic E-state index is 0.0316. The molecule has 0 saturated heterocycles. The lowest BCUT2D eigenvalue weighted by Crippen LogP contribution is -2.33. The number of aromatic nitrogens is 2. The predicted octanol–water partition coefficient (Wildman–Crippen LogP) is 5.14. The number of nitrogens with zero attached hydrogens (tertiary/aromatic N) is 2. The van der Waals surface area contributed by atoms with Crippen molar-refractivity contribution in [2.45, 2.75) is 39.7 Å². The molecular formula is C22H23BrFN3O. The summed E-state index contributed by atoms with van der Waals surface area (Å²) >= 11 is 3.44. The van der Waals surface area contributed by atoms with Crippen LogP contribution in [0.4, 0.5) is 4.39 Å². The Hall–Kier alpha value is -2.47. The minimum atomic E-state index is -0.303. The molecule has 0 aliphatic carbocycles. The van der Waals surface area contributed by atoms with Crippen LogP contribution in [0.15, 0.2) is 53.0 Å². The molecule has 146 valence electrons. The Labute approximate surface area is 172 Å². The van der Waals surface area contributed by atoms with Gasteiger partial charge in [0.15, 0.2) is 0 Å². The Morgan fingerprint density at radius 3 is 2.43 bits per heavy atom. The van der Waals surface area contributed by atoms with Gasteiger partial charge in [-0.15, -0.1) is 0 Å². The monoisotopic (exact) mass is 443 g/mol. The van der Waals surface area contributed by atoms with Gasteiger partial charge in [-0.05, 0) is 75.6 Å². The number of hydrogen-bond donors (Lipinski definition) is 1. The molecule has 6 heteroatoms. The summed E-state index contributed by atoms with van der Waals surface area (Å²) in [6, 6.07) is 14.3. The van der Waals surface area contributed by atoms with Gasteiger partial charge in [0.1, 0.15) is 5.82 Å². The van der Waals surface area contributed by atoms with Gasteiger partial charge in [-0.25, -0.2) is 9.07 Å². The summed E-state index contributed by atoms with van der Waals surface area (Å²) in [7, 11) is 0. The molecule has 1 N–H and O–H groups in total. The predicted molar refractivity (Wildman–Crippen MR) is 112 cm³/mol. The highest BCUT2D eigenvalue weighted by Crippen LogP contribution is 2.19. The Balaban J connectivity index is 1.68. The highest BCUT2D eigenvalue weighted by molar-refractivity contribution is 9.10. The summed E-state index contributed by atoms with van der Waals surface area (Å²) in [5, 5.41) is 7.54. The molecular weight excluding hydrogens is 421 g/mol. The Morgan fingerprint density at radius 1 is 1.14 bits per heavy atom. The van der Waals surface area contributed by atoms with E-state index in [0.29, 0.717) is 11.3 Å². The molecule has 0 fully saturated rings. The molecule has 1 amide bonds. The molecule has 1 unspecified atom stereocenters. The summed E-state index contributed by atoms with van der Waals surface area (Å²) in [4.78, 5) is 12.8. The quantitative estimate of drug-likeness (QED) is 0.572. The highest BCUT2D eigenvalue weighted by atomic mass is 79.9. The first-order valence-corrected chi connectivity index (χ1v) is 10.0. The van der Waals surface area contributed by atoms with E-state index in [4.69, 9.17) is 0 Å². The summed E-state index contributed by atoms with van der Waals surface area (Å²) < 4.78 is 15.9. The topological polar surface area (TPSA) is 46.9 Å². The standard InChI is InChI=1S/C22H23BrFN3O/c1-14(4-5-17-6-8-18(23)9-7-17)25-22(28)21-15(2)26-27(16(21)3)20-12-10-19(24)11-13-20/h6-14H,4-5H2,1-3H3,(H,25,28). The van der Waals surface area contributed by atoms with Crippen LogP contribution in [-0.4, -0.2) is 21.7 Å². The molecule has 0 saturated carbocycles. The van der Waals surface area contributed by atoms with Crippen molar-refractivity contribution in [2.75, 3.05) is 0 Å². The first-order valence-electron chi connectivity index (χ1n) is 9.22. The summed E-state index contributed by atoms with van der Waals surface area (Å²) in [6.45, 7) is 5.67. The number of carbonyl (C=O) groups excluding carboxylic acids is 1. The van der Waals surface area contributed by atoms with Gasteiger partial charge in [0.05, 0.1) is 22.6 Å². The van der Waals surface area contributed by atoms with E-state index in [2.05, 4.69) is 38.5 Å². The molecule has 3 rings (SSSR count). The van der Waals surface area contributed by atoms with Gasteiger partial charge in [0, 0.05) is 10.5 Å². The third-order valence-corrected chi connectivity index (χ3v) is 5.28. The molecule has 0 bridgehead atoms. The Bertz CT molecular complexity index is 965. The van der Waals surface area contributed by atoms with Crippen molar-refractivity contribution in [2.24, 2.45) is 0 Å². The molecule has 4 nitrogen and oxygen atoms in total. The number of amides is 1. The number of aryl methyl sites for hydroxylation is 2. The second-order valence-corrected chi connectivity index (χ2v) is 7.89. The van der Waals surface area contributed by atoms with E-state index in [1.165, 1.54) is 17.7 Å². The number of carbonyl (C=O) groups is 1. The lowest BCUT2D eigenvalue weighted by atomic mass is 10.1. The van der Waals surface area contributed by atoms with Crippen LogP contribution in [-0.2, 0) is 6.42 Å². The van der Waals surface area contributed by atoms with Crippen molar-refractivity contribution >= 4 is 21.8 Å². The zero-order valence-electron chi connectivity index (χ0n) is 16.2. The van der Waals surface area contributed by atoms with Crippen molar-refractivity contribution in [1.29, 1.82) is 0 Å². The van der Waals surface area contributed by atoms with Crippen molar-refractivity contribution in [3.8, 4) is 5.69 Å². The van der Waals surface area contributed by atoms with E-state index in [9.17, 15) is 9.18 Å². The van der Waals surface area contributed by atoms with Crippen LogP contribution in [0.2, 0.25) is 0 Å². The van der Waals surface area contributed by atoms with Gasteiger partial charge in [0.2, 0.25) is 0 Å². The van der Waals surface area contributed by atoms with Crippen molar-refractivity contribution < 1.29 is 9.18 Å². The van der Waals surface area contributed by atoms with E-state index in [0.717, 1.165) is 28.7 Å². The summed E-state index contributed by atoms with van der Waals surface area (Å²) in [5.74, 6) is -0.436. The zero-order valence-corrected chi connectivity index (χ0v) is 17.8. The van der Waals surface area contributed by atoms with Gasteiger partial charge in [-0.3, -0.25) is 4.79 Å². The van der Waals surface area contributed by atoms with Crippen LogP contribution in [0, 0.1) is 19.7 Å². The average Bonchev–Trinajstić information content (AvgIpc) is 2.96. The average molecular weight is 444 g/mol. The van der Waals surface area contributed by atoms with Gasteiger partial charge >= 0.3 is 0 Å². The number of rotatable bonds is 6. The summed E-state index contributed by atoms with van der Waals surface area (Å²) in [5.41, 5.74) is 3.92. The third-order valence-electron chi connectivity index (χ3n) is 4.75. The van der Waals surface area contributed by atoms with Gasteiger partial charge in [-0.2, -0.15) is 5.10 Å². The highest BCUT2D eigenvalue weighted by Gasteiger charge is 2.20. The molecule has 1 heterocycles. The maximum Gasteiger partial charge on any atom is 0.255 e. The number of benzene rings is 2. The fourth-order valence-corrected chi connectivity index (χ4v) is 3.47. The minimum Gasteiger partial charge on any atom is -0.349 e. The maximum absolute atomic E-state index is 13.2. The number of halogens is 2. The number of nitrogens with one attached hydrogen (secondary N) is 1. The van der Waals surface area contributed by atoms with Crippen LogP contribution >= 0.6 is 15.9 Å². The van der Waals surface area contributed by atoms with Crippen molar-refractivity contribution in [1.82, 2.24) is 15.1 Å². The van der Waals surface area contributed by atoms with Crippen LogP contribution in [0.1, 0.15) is 40.7 Å². The summed E-state index contributed by atoms with van der Waals surface area (Å²) in [6.07, 6.45) is 1.74. The zero-order chi connectivity index (χ0) is 20.3. The van der Waals surface area contributed by atoms with Crippen molar-refractivity contribution in [3.63, 3.8) is 0 Å². The first kappa shape index (κ1) is 20.3. The van der Waals surface area contributed by atoms with Crippen molar-refractivity contribution in [3.05, 3.63) is 81.3 Å². The normalized spacial score (nSPS) is 12.0.